The number of carbonyl (C=O) groups excluding carboxylic acids is 2. The molecular formula is C26H34FN9O4. The lowest BCUT2D eigenvalue weighted by atomic mass is 10.0. The number of pyridine rings is 2. The Hall–Kier alpha value is -4.49. The van der Waals surface area contributed by atoms with Gasteiger partial charge in [0.25, 0.3) is 5.91 Å². The van der Waals surface area contributed by atoms with Crippen LogP contribution in [0.15, 0.2) is 30.7 Å². The maximum atomic E-state index is 15.2. The SMILES string of the molecule is CCOc1ncc(Nc2nc(N[C@H](C3CC3)[C@H](C)NC(=O)OC(C)(C)C)c(F)cc2C(N)=O)cc1-n1ccnn1. The molecule has 0 saturated heterocycles. The molecular weight excluding hydrogens is 521 g/mol. The highest BCUT2D eigenvalue weighted by molar-refractivity contribution is 5.98. The highest BCUT2D eigenvalue weighted by Crippen LogP contribution is 2.36. The minimum atomic E-state index is -0.866. The van der Waals surface area contributed by atoms with Crippen LogP contribution in [0.4, 0.5) is 26.5 Å². The number of hydrogen-bond acceptors (Lipinski definition) is 10. The minimum absolute atomic E-state index is 0.0224. The Labute approximate surface area is 231 Å². The summed E-state index contributed by atoms with van der Waals surface area (Å²) in [5.74, 6) is -1.19. The number of nitrogens with zero attached hydrogens (tertiary/aromatic N) is 5. The number of amides is 2. The predicted octanol–water partition coefficient (Wildman–Crippen LogP) is 3.54. The number of nitrogens with two attached hydrogens (primary N) is 1. The second kappa shape index (κ2) is 11.7. The van der Waals surface area contributed by atoms with Gasteiger partial charge in [-0.05, 0) is 65.5 Å². The van der Waals surface area contributed by atoms with Crippen molar-refractivity contribution < 1.29 is 23.5 Å². The van der Waals surface area contributed by atoms with Gasteiger partial charge in [0, 0.05) is 6.04 Å². The maximum Gasteiger partial charge on any atom is 0.407 e. The fourth-order valence-electron chi connectivity index (χ4n) is 4.12. The van der Waals surface area contributed by atoms with E-state index in [9.17, 15) is 9.59 Å². The molecule has 0 radical (unpaired) electrons. The molecule has 4 rings (SSSR count). The lowest BCUT2D eigenvalue weighted by molar-refractivity contribution is 0.0501. The largest absolute Gasteiger partial charge is 0.476 e. The van der Waals surface area contributed by atoms with Crippen molar-refractivity contribution in [2.45, 2.75) is 65.1 Å². The van der Waals surface area contributed by atoms with Crippen LogP contribution < -0.4 is 26.4 Å². The smallest absolute Gasteiger partial charge is 0.407 e. The average Bonchev–Trinajstić information content (AvgIpc) is 3.55. The summed E-state index contributed by atoms with van der Waals surface area (Å²) in [4.78, 5) is 33.2. The molecule has 0 aliphatic heterocycles. The van der Waals surface area contributed by atoms with E-state index in [1.54, 1.807) is 33.0 Å². The van der Waals surface area contributed by atoms with E-state index in [4.69, 9.17) is 15.2 Å². The van der Waals surface area contributed by atoms with E-state index < -0.39 is 29.5 Å². The quantitative estimate of drug-likeness (QED) is 0.274. The summed E-state index contributed by atoms with van der Waals surface area (Å²) in [6, 6.07) is 1.95. The van der Waals surface area contributed by atoms with Crippen molar-refractivity contribution in [3.8, 4) is 11.6 Å². The zero-order valence-electron chi connectivity index (χ0n) is 23.1. The number of nitrogens with one attached hydrogen (secondary N) is 3. The van der Waals surface area contributed by atoms with E-state index in [-0.39, 0.29) is 29.2 Å². The molecule has 14 heteroatoms. The molecule has 3 heterocycles. The highest BCUT2D eigenvalue weighted by atomic mass is 19.1. The molecule has 13 nitrogen and oxygen atoms in total. The topological polar surface area (TPSA) is 171 Å². The van der Waals surface area contributed by atoms with Gasteiger partial charge >= 0.3 is 6.09 Å². The third kappa shape index (κ3) is 7.12. The van der Waals surface area contributed by atoms with Gasteiger partial charge in [-0.15, -0.1) is 5.10 Å². The number of aromatic nitrogens is 5. The van der Waals surface area contributed by atoms with Gasteiger partial charge in [-0.25, -0.2) is 23.8 Å². The molecule has 214 valence electrons. The summed E-state index contributed by atoms with van der Waals surface area (Å²) in [6.45, 7) is 9.34. The van der Waals surface area contributed by atoms with E-state index in [0.717, 1.165) is 18.9 Å². The van der Waals surface area contributed by atoms with Crippen LogP contribution in [0.2, 0.25) is 0 Å². The first-order valence-electron chi connectivity index (χ1n) is 13.0. The van der Waals surface area contributed by atoms with Gasteiger partial charge in [-0.1, -0.05) is 5.21 Å². The lowest BCUT2D eigenvalue weighted by Gasteiger charge is -2.28. The molecule has 3 aromatic heterocycles. The van der Waals surface area contributed by atoms with Crippen LogP contribution in [0.5, 0.6) is 5.88 Å². The van der Waals surface area contributed by atoms with Gasteiger partial charge in [0.2, 0.25) is 5.88 Å². The Balaban J connectivity index is 1.62. The molecule has 0 bridgehead atoms. The van der Waals surface area contributed by atoms with Crippen molar-refractivity contribution in [1.29, 1.82) is 0 Å². The molecule has 0 unspecified atom stereocenters. The Morgan fingerprint density at radius 3 is 2.60 bits per heavy atom. The summed E-state index contributed by atoms with van der Waals surface area (Å²) in [5.41, 5.74) is 5.64. The van der Waals surface area contributed by atoms with Gasteiger partial charge in [0.1, 0.15) is 17.1 Å². The predicted molar refractivity (Wildman–Crippen MR) is 145 cm³/mol. The summed E-state index contributed by atoms with van der Waals surface area (Å²) < 4.78 is 27.6. The number of hydrogen-bond donors (Lipinski definition) is 4. The molecule has 1 aliphatic rings. The van der Waals surface area contributed by atoms with Crippen LogP contribution in [-0.2, 0) is 4.74 Å². The van der Waals surface area contributed by atoms with E-state index >= 15 is 4.39 Å². The van der Waals surface area contributed by atoms with E-state index in [1.165, 1.54) is 17.1 Å². The van der Waals surface area contributed by atoms with E-state index in [0.29, 0.717) is 23.9 Å². The number of rotatable bonds is 11. The molecule has 1 saturated carbocycles. The fraction of sp³-hybridized carbons (Fsp3) is 0.462. The molecule has 0 spiro atoms. The summed E-state index contributed by atoms with van der Waals surface area (Å²) in [7, 11) is 0. The average molecular weight is 556 g/mol. The van der Waals surface area contributed by atoms with Crippen molar-refractivity contribution in [3.05, 3.63) is 42.1 Å². The van der Waals surface area contributed by atoms with Crippen molar-refractivity contribution in [2.24, 2.45) is 11.7 Å². The number of anilines is 3. The monoisotopic (exact) mass is 555 g/mol. The first-order valence-corrected chi connectivity index (χ1v) is 13.0. The molecule has 40 heavy (non-hydrogen) atoms. The third-order valence-electron chi connectivity index (χ3n) is 6.00. The number of carbonyl (C=O) groups is 2. The van der Waals surface area contributed by atoms with Crippen LogP contribution in [0, 0.1) is 11.7 Å². The minimum Gasteiger partial charge on any atom is -0.476 e. The molecule has 1 fully saturated rings. The van der Waals surface area contributed by atoms with Crippen molar-refractivity contribution in [1.82, 2.24) is 30.3 Å². The summed E-state index contributed by atoms with van der Waals surface area (Å²) >= 11 is 0. The maximum absolute atomic E-state index is 15.2. The van der Waals surface area contributed by atoms with Crippen LogP contribution in [0.3, 0.4) is 0 Å². The Bertz CT molecular complexity index is 1360. The van der Waals surface area contributed by atoms with Crippen molar-refractivity contribution in [3.63, 3.8) is 0 Å². The first-order chi connectivity index (χ1) is 18.9. The zero-order valence-corrected chi connectivity index (χ0v) is 23.1. The van der Waals surface area contributed by atoms with Crippen molar-refractivity contribution in [2.75, 3.05) is 17.2 Å². The van der Waals surface area contributed by atoms with Gasteiger partial charge in [0.15, 0.2) is 11.6 Å². The molecule has 0 aromatic carbocycles. The normalized spacial score (nSPS) is 14.7. The lowest BCUT2D eigenvalue weighted by Crippen LogP contribution is -2.47. The van der Waals surface area contributed by atoms with Gasteiger partial charge in [0.05, 0.1) is 42.5 Å². The summed E-state index contributed by atoms with van der Waals surface area (Å²) in [5, 5.41) is 16.8. The Kier molecular flexibility index (Phi) is 8.35. The highest BCUT2D eigenvalue weighted by Gasteiger charge is 2.37. The first kappa shape index (κ1) is 28.5. The van der Waals surface area contributed by atoms with E-state index in [1.807, 2.05) is 13.8 Å². The van der Waals surface area contributed by atoms with Crippen molar-refractivity contribution >= 4 is 29.3 Å². The van der Waals surface area contributed by atoms with Crippen LogP contribution >= 0.6 is 0 Å². The molecule has 5 N–H and O–H groups in total. The van der Waals surface area contributed by atoms with Gasteiger partial charge < -0.3 is 31.2 Å². The summed E-state index contributed by atoms with van der Waals surface area (Å²) in [6.07, 6.45) is 5.86. The molecule has 2 atom stereocenters. The molecule has 1 aliphatic carbocycles. The second-order valence-electron chi connectivity index (χ2n) is 10.5. The molecule has 3 aromatic rings. The standard InChI is InChI=1S/C26H34FN9O4/c1-6-39-24-19(36-10-9-30-35-36)11-16(13-29-24)32-22-17(21(28)37)12-18(27)23(34-22)33-20(15-7-8-15)14(2)31-25(38)40-26(3,4)5/h9-15,20H,6-8H2,1-5H3,(H2,28,37)(H,31,38)(H2,32,33,34)/t14-,20-/m0/s1. The second-order valence-corrected chi connectivity index (χ2v) is 10.5. The van der Waals surface area contributed by atoms with Crippen LogP contribution in [-0.4, -0.2) is 61.3 Å². The number of ether oxygens (including phenoxy) is 2. The van der Waals surface area contributed by atoms with E-state index in [2.05, 4.69) is 36.2 Å². The zero-order chi connectivity index (χ0) is 29.0. The number of alkyl carbamates (subject to hydrolysis) is 1. The third-order valence-corrected chi connectivity index (χ3v) is 6.00. The fourth-order valence-corrected chi connectivity index (χ4v) is 4.12. The number of halogens is 1. The van der Waals surface area contributed by atoms with Gasteiger partial charge in [-0.2, -0.15) is 0 Å². The van der Waals surface area contributed by atoms with Crippen LogP contribution in [0.1, 0.15) is 57.8 Å². The molecule has 2 amide bonds. The van der Waals surface area contributed by atoms with Crippen LogP contribution in [0.25, 0.3) is 5.69 Å². The van der Waals surface area contributed by atoms with Gasteiger partial charge in [-0.3, -0.25) is 4.79 Å². The number of primary amides is 1. The Morgan fingerprint density at radius 1 is 1.25 bits per heavy atom. The Morgan fingerprint density at radius 2 is 2.00 bits per heavy atom.